The first-order valence-corrected chi connectivity index (χ1v) is 6.71. The molecule has 0 radical (unpaired) electrons. The van der Waals surface area contributed by atoms with Gasteiger partial charge in [0.05, 0.1) is 0 Å². The second-order valence-corrected chi connectivity index (χ2v) is 4.71. The van der Waals surface area contributed by atoms with Gasteiger partial charge in [-0.2, -0.15) is 0 Å². The van der Waals surface area contributed by atoms with Crippen LogP contribution in [-0.4, -0.2) is 16.1 Å². The predicted molar refractivity (Wildman–Crippen MR) is 84.0 cm³/mol. The molecule has 1 heterocycles. The Morgan fingerprint density at radius 1 is 0.955 bits per heavy atom. The quantitative estimate of drug-likeness (QED) is 0.735. The fourth-order valence-corrected chi connectivity index (χ4v) is 2.12. The van der Waals surface area contributed by atoms with Crippen LogP contribution in [0.15, 0.2) is 71.7 Å². The first kappa shape index (κ1) is 13.8. The van der Waals surface area contributed by atoms with E-state index in [0.29, 0.717) is 11.5 Å². The van der Waals surface area contributed by atoms with Gasteiger partial charge in [0, 0.05) is 11.1 Å². The Kier molecular flexibility index (Phi) is 3.58. The molecule has 0 fully saturated rings. The van der Waals surface area contributed by atoms with Gasteiger partial charge in [-0.05, 0) is 0 Å². The van der Waals surface area contributed by atoms with Crippen molar-refractivity contribution in [1.29, 1.82) is 0 Å². The van der Waals surface area contributed by atoms with Gasteiger partial charge in [-0.3, -0.25) is 0 Å². The number of aliphatic carboxylic acids is 1. The minimum atomic E-state index is -1.15. The van der Waals surface area contributed by atoms with Gasteiger partial charge in [-0.25, -0.2) is 9.78 Å². The summed E-state index contributed by atoms with van der Waals surface area (Å²) >= 11 is 0. The number of hydrogen-bond donors (Lipinski definition) is 1. The number of nitrogens with zero attached hydrogens (tertiary/aromatic N) is 1. The predicted octanol–water partition coefficient (Wildman–Crippen LogP) is 4.11. The zero-order valence-electron chi connectivity index (χ0n) is 11.7. The summed E-state index contributed by atoms with van der Waals surface area (Å²) in [6.07, 6.45) is 0. The number of carboxylic acid groups (broad SMARTS) is 1. The molecule has 0 aliphatic rings. The van der Waals surface area contributed by atoms with E-state index >= 15 is 0 Å². The molecule has 108 valence electrons. The molecule has 0 amide bonds. The van der Waals surface area contributed by atoms with Crippen molar-refractivity contribution in [2.24, 2.45) is 0 Å². The van der Waals surface area contributed by atoms with E-state index in [1.807, 2.05) is 60.7 Å². The number of hydrogen-bond acceptors (Lipinski definition) is 3. The van der Waals surface area contributed by atoms with Gasteiger partial charge in [0.15, 0.2) is 5.76 Å². The standard InChI is InChI=1S/C18H13NO3/c1-12(18(20)21)17-19-15(13-8-4-2-5-9-13)16(22-17)14-10-6-3-7-11-14/h2-11H,1H2,(H,20,21). The summed E-state index contributed by atoms with van der Waals surface area (Å²) in [6.45, 7) is 3.51. The third-order valence-corrected chi connectivity index (χ3v) is 3.23. The van der Waals surface area contributed by atoms with Gasteiger partial charge in [-0.15, -0.1) is 0 Å². The Morgan fingerprint density at radius 2 is 1.50 bits per heavy atom. The average Bonchev–Trinajstić information content (AvgIpc) is 3.01. The maximum Gasteiger partial charge on any atom is 0.340 e. The number of benzene rings is 2. The Morgan fingerprint density at radius 3 is 2.05 bits per heavy atom. The van der Waals surface area contributed by atoms with E-state index < -0.39 is 5.97 Å². The van der Waals surface area contributed by atoms with E-state index in [2.05, 4.69) is 11.6 Å². The smallest absolute Gasteiger partial charge is 0.340 e. The third-order valence-electron chi connectivity index (χ3n) is 3.23. The molecule has 0 bridgehead atoms. The highest BCUT2D eigenvalue weighted by molar-refractivity contribution is 6.13. The molecular formula is C18H13NO3. The molecule has 0 aliphatic carbocycles. The molecule has 0 atom stereocenters. The summed E-state index contributed by atoms with van der Waals surface area (Å²) < 4.78 is 5.69. The number of rotatable bonds is 4. The topological polar surface area (TPSA) is 63.3 Å². The second kappa shape index (κ2) is 5.69. The maximum absolute atomic E-state index is 11.1. The lowest BCUT2D eigenvalue weighted by atomic mass is 10.1. The molecule has 3 aromatic rings. The van der Waals surface area contributed by atoms with Crippen molar-refractivity contribution in [2.45, 2.75) is 0 Å². The Hall–Kier alpha value is -3.14. The maximum atomic E-state index is 11.1. The number of carbonyl (C=O) groups is 1. The molecule has 4 nitrogen and oxygen atoms in total. The lowest BCUT2D eigenvalue weighted by molar-refractivity contribution is -0.130. The van der Waals surface area contributed by atoms with Crippen molar-refractivity contribution in [3.05, 3.63) is 73.1 Å². The van der Waals surface area contributed by atoms with Crippen molar-refractivity contribution in [2.75, 3.05) is 0 Å². The van der Waals surface area contributed by atoms with Gasteiger partial charge in [0.25, 0.3) is 0 Å². The molecule has 0 aliphatic heterocycles. The molecule has 4 heteroatoms. The van der Waals surface area contributed by atoms with Crippen molar-refractivity contribution in [3.8, 4) is 22.6 Å². The first-order valence-electron chi connectivity index (χ1n) is 6.71. The molecule has 22 heavy (non-hydrogen) atoms. The molecule has 2 aromatic carbocycles. The summed E-state index contributed by atoms with van der Waals surface area (Å²) in [5.74, 6) is -0.602. The van der Waals surface area contributed by atoms with Gasteiger partial charge in [-0.1, -0.05) is 67.2 Å². The minimum absolute atomic E-state index is 0.0187. The van der Waals surface area contributed by atoms with E-state index in [4.69, 9.17) is 9.52 Å². The van der Waals surface area contributed by atoms with E-state index in [0.717, 1.165) is 11.1 Å². The third kappa shape index (κ3) is 2.54. The molecular weight excluding hydrogens is 278 g/mol. The first-order chi connectivity index (χ1) is 10.7. The summed E-state index contributed by atoms with van der Waals surface area (Å²) in [7, 11) is 0. The highest BCUT2D eigenvalue weighted by Gasteiger charge is 2.20. The largest absolute Gasteiger partial charge is 0.478 e. The summed E-state index contributed by atoms with van der Waals surface area (Å²) in [4.78, 5) is 15.4. The summed E-state index contributed by atoms with van der Waals surface area (Å²) in [5.41, 5.74) is 2.12. The van der Waals surface area contributed by atoms with Gasteiger partial charge in [0.2, 0.25) is 5.89 Å². The molecule has 1 aromatic heterocycles. The summed E-state index contributed by atoms with van der Waals surface area (Å²) in [6, 6.07) is 18.9. The van der Waals surface area contributed by atoms with Crippen LogP contribution in [0.4, 0.5) is 0 Å². The van der Waals surface area contributed by atoms with Gasteiger partial charge < -0.3 is 9.52 Å². The zero-order chi connectivity index (χ0) is 15.5. The van der Waals surface area contributed by atoms with Crippen LogP contribution < -0.4 is 0 Å². The molecule has 0 saturated heterocycles. The van der Waals surface area contributed by atoms with Crippen molar-refractivity contribution in [1.82, 2.24) is 4.98 Å². The van der Waals surface area contributed by atoms with Gasteiger partial charge >= 0.3 is 5.97 Å². The van der Waals surface area contributed by atoms with Crippen LogP contribution in [0, 0.1) is 0 Å². The number of carboxylic acids is 1. The fourth-order valence-electron chi connectivity index (χ4n) is 2.12. The van der Waals surface area contributed by atoms with Crippen molar-refractivity contribution in [3.63, 3.8) is 0 Å². The Balaban J connectivity index is 2.19. The molecule has 0 spiro atoms. The zero-order valence-corrected chi connectivity index (χ0v) is 11.7. The fraction of sp³-hybridized carbons (Fsp3) is 0. The number of oxazole rings is 1. The summed E-state index contributed by atoms with van der Waals surface area (Å²) in [5, 5.41) is 9.08. The molecule has 0 saturated carbocycles. The van der Waals surface area contributed by atoms with Crippen molar-refractivity contribution < 1.29 is 14.3 Å². The van der Waals surface area contributed by atoms with Crippen LogP contribution >= 0.6 is 0 Å². The van der Waals surface area contributed by atoms with E-state index in [1.165, 1.54) is 0 Å². The minimum Gasteiger partial charge on any atom is -0.478 e. The lowest BCUT2D eigenvalue weighted by Crippen LogP contribution is -1.97. The van der Waals surface area contributed by atoms with Crippen LogP contribution in [0.2, 0.25) is 0 Å². The number of aromatic nitrogens is 1. The average molecular weight is 291 g/mol. The Bertz CT molecular complexity index is 763. The highest BCUT2D eigenvalue weighted by atomic mass is 16.4. The van der Waals surface area contributed by atoms with Gasteiger partial charge in [0.1, 0.15) is 11.3 Å². The van der Waals surface area contributed by atoms with E-state index in [-0.39, 0.29) is 11.5 Å². The van der Waals surface area contributed by atoms with Crippen LogP contribution in [-0.2, 0) is 4.79 Å². The second-order valence-electron chi connectivity index (χ2n) is 4.71. The lowest BCUT2D eigenvalue weighted by Gasteiger charge is -2.00. The van der Waals surface area contributed by atoms with E-state index in [9.17, 15) is 4.79 Å². The molecule has 0 unspecified atom stereocenters. The highest BCUT2D eigenvalue weighted by Crippen LogP contribution is 2.34. The van der Waals surface area contributed by atoms with Crippen LogP contribution in [0.25, 0.3) is 28.2 Å². The molecule has 1 N–H and O–H groups in total. The monoisotopic (exact) mass is 291 g/mol. The van der Waals surface area contributed by atoms with Crippen LogP contribution in [0.5, 0.6) is 0 Å². The molecule has 3 rings (SSSR count). The van der Waals surface area contributed by atoms with E-state index in [1.54, 1.807) is 0 Å². The van der Waals surface area contributed by atoms with Crippen LogP contribution in [0.1, 0.15) is 5.89 Å². The van der Waals surface area contributed by atoms with Crippen LogP contribution in [0.3, 0.4) is 0 Å². The normalized spacial score (nSPS) is 10.4. The Labute approximate surface area is 127 Å². The van der Waals surface area contributed by atoms with Crippen molar-refractivity contribution >= 4 is 11.5 Å². The SMILES string of the molecule is C=C(C(=O)O)c1nc(-c2ccccc2)c(-c2ccccc2)o1.